The zero-order valence-electron chi connectivity index (χ0n) is 17.2. The van der Waals surface area contributed by atoms with Crippen LogP contribution in [-0.2, 0) is 11.2 Å². The number of carbonyl (C=O) groups excluding carboxylic acids is 1. The number of hydrogen-bond acceptors (Lipinski definition) is 1. The van der Waals surface area contributed by atoms with Gasteiger partial charge >= 0.3 is 0 Å². The number of amides is 1. The topological polar surface area (TPSA) is 20.3 Å². The Morgan fingerprint density at radius 1 is 0.889 bits per heavy atom. The lowest BCUT2D eigenvalue weighted by molar-refractivity contribution is -0.127. The zero-order valence-corrected chi connectivity index (χ0v) is 18.2. The van der Waals surface area contributed by atoms with Gasteiger partial charge in [0, 0.05) is 12.0 Å². The van der Waals surface area contributed by atoms with Crippen molar-refractivity contribution < 1.29 is 4.79 Å². The summed E-state index contributed by atoms with van der Waals surface area (Å²) in [6.45, 7) is 9.00. The Balaban J connectivity index is 1.82. The molecule has 0 spiro atoms. The lowest BCUT2D eigenvalue weighted by Gasteiger charge is -2.42. The molecule has 0 aliphatic carbocycles. The van der Waals surface area contributed by atoms with E-state index in [1.807, 2.05) is 0 Å². The number of carbonyl (C=O) groups is 1. The molecule has 1 amide bonds. The van der Waals surface area contributed by atoms with Crippen LogP contribution in [0.3, 0.4) is 0 Å². The van der Waals surface area contributed by atoms with Crippen molar-refractivity contribution >= 4 is 14.1 Å². The second kappa shape index (κ2) is 8.43. The molecular weight excluding hydrogens is 346 g/mol. The SMILES string of the molecule is CC[Si](CC)(CC)N1C(=O)[C@H](C)C[C@H]1Cc1ccc(-c2ccccc2)cc1. The highest BCUT2D eigenvalue weighted by atomic mass is 28.3. The van der Waals surface area contributed by atoms with Gasteiger partial charge < -0.3 is 4.57 Å². The quantitative estimate of drug-likeness (QED) is 0.529. The summed E-state index contributed by atoms with van der Waals surface area (Å²) < 4.78 is 2.41. The fraction of sp³-hybridized carbons (Fsp3) is 0.458. The molecular formula is C24H33NOSi. The highest BCUT2D eigenvalue weighted by molar-refractivity contribution is 6.79. The minimum Gasteiger partial charge on any atom is -0.366 e. The average molecular weight is 380 g/mol. The minimum atomic E-state index is -1.69. The Labute approximate surface area is 165 Å². The third-order valence-electron chi connectivity index (χ3n) is 6.67. The third-order valence-corrected chi connectivity index (χ3v) is 12.2. The first-order valence-corrected chi connectivity index (χ1v) is 13.1. The van der Waals surface area contributed by atoms with E-state index in [0.29, 0.717) is 11.9 Å². The molecule has 144 valence electrons. The monoisotopic (exact) mass is 379 g/mol. The van der Waals surface area contributed by atoms with Crippen molar-refractivity contribution in [2.45, 2.75) is 64.7 Å². The van der Waals surface area contributed by atoms with Gasteiger partial charge in [0.1, 0.15) is 0 Å². The molecule has 1 fully saturated rings. The van der Waals surface area contributed by atoms with E-state index in [1.54, 1.807) is 0 Å². The molecule has 1 aliphatic heterocycles. The van der Waals surface area contributed by atoms with E-state index in [-0.39, 0.29) is 5.92 Å². The van der Waals surface area contributed by atoms with Crippen molar-refractivity contribution in [3.8, 4) is 11.1 Å². The molecule has 1 aliphatic rings. The number of nitrogens with zero attached hydrogens (tertiary/aromatic N) is 1. The normalized spacial score (nSPS) is 20.3. The Kier molecular flexibility index (Phi) is 6.21. The van der Waals surface area contributed by atoms with Crippen LogP contribution in [-0.4, -0.2) is 24.7 Å². The van der Waals surface area contributed by atoms with Crippen LogP contribution < -0.4 is 0 Å². The Morgan fingerprint density at radius 3 is 2.00 bits per heavy atom. The van der Waals surface area contributed by atoms with Crippen LogP contribution in [0.4, 0.5) is 0 Å². The van der Waals surface area contributed by atoms with Crippen molar-refractivity contribution in [3.05, 3.63) is 60.2 Å². The van der Waals surface area contributed by atoms with Gasteiger partial charge in [-0.3, -0.25) is 4.79 Å². The molecule has 27 heavy (non-hydrogen) atoms. The van der Waals surface area contributed by atoms with Crippen LogP contribution in [0.25, 0.3) is 11.1 Å². The fourth-order valence-corrected chi connectivity index (χ4v) is 9.01. The van der Waals surface area contributed by atoms with Crippen LogP contribution >= 0.6 is 0 Å². The second-order valence-corrected chi connectivity index (χ2v) is 13.1. The van der Waals surface area contributed by atoms with Gasteiger partial charge in [-0.05, 0) is 47.7 Å². The molecule has 2 aromatic carbocycles. The smallest absolute Gasteiger partial charge is 0.217 e. The van der Waals surface area contributed by atoms with E-state index in [1.165, 1.54) is 34.8 Å². The van der Waals surface area contributed by atoms with Crippen molar-refractivity contribution in [2.75, 3.05) is 0 Å². The first-order chi connectivity index (χ1) is 13.0. The molecule has 0 bridgehead atoms. The summed E-state index contributed by atoms with van der Waals surface area (Å²) in [5.41, 5.74) is 3.86. The summed E-state index contributed by atoms with van der Waals surface area (Å²) in [7, 11) is -1.69. The van der Waals surface area contributed by atoms with E-state index >= 15 is 0 Å². The minimum absolute atomic E-state index is 0.176. The molecule has 0 unspecified atom stereocenters. The molecule has 0 saturated carbocycles. The van der Waals surface area contributed by atoms with Crippen molar-refractivity contribution in [1.82, 2.24) is 4.57 Å². The van der Waals surface area contributed by atoms with E-state index in [2.05, 4.69) is 86.9 Å². The van der Waals surface area contributed by atoms with E-state index in [0.717, 1.165) is 12.8 Å². The number of benzene rings is 2. The number of rotatable bonds is 7. The summed E-state index contributed by atoms with van der Waals surface area (Å²) in [6, 6.07) is 23.3. The molecule has 0 radical (unpaired) electrons. The van der Waals surface area contributed by atoms with Gasteiger partial charge in [-0.1, -0.05) is 82.3 Å². The first kappa shape index (κ1) is 19.9. The largest absolute Gasteiger partial charge is 0.366 e. The van der Waals surface area contributed by atoms with Crippen LogP contribution in [0.5, 0.6) is 0 Å². The maximum atomic E-state index is 13.0. The zero-order chi connectivity index (χ0) is 19.4. The van der Waals surface area contributed by atoms with Crippen LogP contribution in [0.1, 0.15) is 39.7 Å². The highest BCUT2D eigenvalue weighted by Gasteiger charge is 2.47. The summed E-state index contributed by atoms with van der Waals surface area (Å²) >= 11 is 0. The Morgan fingerprint density at radius 2 is 1.44 bits per heavy atom. The molecule has 1 saturated heterocycles. The summed E-state index contributed by atoms with van der Waals surface area (Å²) in [4.78, 5) is 13.0. The molecule has 1 heterocycles. The summed E-state index contributed by atoms with van der Waals surface area (Å²) in [6.07, 6.45) is 1.99. The standard InChI is InChI=1S/C24H33NOSi/c1-5-27(6-2,7-3)25-23(17-19(4)24(25)26)18-20-13-15-22(16-14-20)21-11-9-8-10-12-21/h8-16,19,23H,5-7,17-18H2,1-4H3/t19-,23+/m1/s1. The van der Waals surface area contributed by atoms with Gasteiger partial charge in [0.15, 0.2) is 8.24 Å². The predicted molar refractivity (Wildman–Crippen MR) is 117 cm³/mol. The highest BCUT2D eigenvalue weighted by Crippen LogP contribution is 2.37. The molecule has 3 heteroatoms. The van der Waals surface area contributed by atoms with Gasteiger partial charge in [0.2, 0.25) is 5.91 Å². The Hall–Kier alpha value is -1.87. The van der Waals surface area contributed by atoms with E-state index < -0.39 is 8.24 Å². The van der Waals surface area contributed by atoms with Gasteiger partial charge in [-0.25, -0.2) is 0 Å². The maximum Gasteiger partial charge on any atom is 0.217 e. The van der Waals surface area contributed by atoms with Crippen molar-refractivity contribution in [3.63, 3.8) is 0 Å². The van der Waals surface area contributed by atoms with Gasteiger partial charge in [0.05, 0.1) is 0 Å². The van der Waals surface area contributed by atoms with Gasteiger partial charge in [-0.2, -0.15) is 0 Å². The summed E-state index contributed by atoms with van der Waals surface area (Å²) in [5.74, 6) is 0.591. The Bertz CT molecular complexity index is 743. The molecule has 0 N–H and O–H groups in total. The van der Waals surface area contributed by atoms with Crippen molar-refractivity contribution in [2.24, 2.45) is 5.92 Å². The third kappa shape index (κ3) is 3.89. The maximum absolute atomic E-state index is 13.0. The molecule has 3 rings (SSSR count). The van der Waals surface area contributed by atoms with E-state index in [4.69, 9.17) is 0 Å². The molecule has 2 atom stereocenters. The lowest BCUT2D eigenvalue weighted by atomic mass is 9.98. The molecule has 0 aromatic heterocycles. The fourth-order valence-electron chi connectivity index (χ4n) is 4.82. The van der Waals surface area contributed by atoms with Crippen LogP contribution in [0, 0.1) is 5.92 Å². The van der Waals surface area contributed by atoms with E-state index in [9.17, 15) is 4.79 Å². The second-order valence-electron chi connectivity index (χ2n) is 8.05. The number of hydrogen-bond donors (Lipinski definition) is 0. The predicted octanol–water partition coefficient (Wildman–Crippen LogP) is 6.14. The van der Waals surface area contributed by atoms with Crippen molar-refractivity contribution in [1.29, 1.82) is 0 Å². The van der Waals surface area contributed by atoms with Gasteiger partial charge in [0.25, 0.3) is 0 Å². The molecule has 2 nitrogen and oxygen atoms in total. The van der Waals surface area contributed by atoms with Crippen LogP contribution in [0.15, 0.2) is 54.6 Å². The molecule has 2 aromatic rings. The average Bonchev–Trinajstić information content (AvgIpc) is 2.99. The van der Waals surface area contributed by atoms with Gasteiger partial charge in [-0.15, -0.1) is 0 Å². The lowest BCUT2D eigenvalue weighted by Crippen LogP contribution is -2.57. The first-order valence-electron chi connectivity index (χ1n) is 10.5. The summed E-state index contributed by atoms with van der Waals surface area (Å²) in [5, 5.41) is 0. The van der Waals surface area contributed by atoms with Crippen LogP contribution in [0.2, 0.25) is 18.1 Å².